The van der Waals surface area contributed by atoms with Crippen LogP contribution in [-0.4, -0.2) is 30.5 Å². The molecule has 8 nitrogen and oxygen atoms in total. The van der Waals surface area contributed by atoms with Crippen LogP contribution in [0.3, 0.4) is 0 Å². The highest BCUT2D eigenvalue weighted by atomic mass is 32.2. The van der Waals surface area contributed by atoms with Crippen LogP contribution < -0.4 is 4.72 Å². The van der Waals surface area contributed by atoms with Gasteiger partial charge < -0.3 is 5.11 Å². The Balaban J connectivity index is 2.02. The number of nitrogens with one attached hydrogen (secondary N) is 1. The fourth-order valence-electron chi connectivity index (χ4n) is 2.49. The molecule has 120 valence electrons. The van der Waals surface area contributed by atoms with Gasteiger partial charge in [-0.2, -0.15) is 0 Å². The van der Waals surface area contributed by atoms with Gasteiger partial charge >= 0.3 is 5.97 Å². The number of hydrogen-bond donors (Lipinski definition) is 2. The smallest absolute Gasteiger partial charge is 0.306 e. The van der Waals surface area contributed by atoms with E-state index in [2.05, 4.69) is 4.72 Å². The molecule has 1 aromatic carbocycles. The molecule has 0 aromatic heterocycles. The largest absolute Gasteiger partial charge is 0.481 e. The molecule has 0 spiro atoms. The van der Waals surface area contributed by atoms with Gasteiger partial charge in [-0.05, 0) is 37.8 Å². The maximum atomic E-state index is 12.2. The topological polar surface area (TPSA) is 127 Å². The van der Waals surface area contributed by atoms with Crippen molar-refractivity contribution in [2.45, 2.75) is 36.6 Å². The number of nitrogens with zero attached hydrogens (tertiary/aromatic N) is 1. The molecule has 0 saturated heterocycles. The highest BCUT2D eigenvalue weighted by Gasteiger charge is 2.29. The number of carbonyl (C=O) groups is 1. The number of carboxylic acid groups (broad SMARTS) is 1. The monoisotopic (exact) mass is 328 g/mol. The van der Waals surface area contributed by atoms with Crippen LogP contribution in [0.1, 0.15) is 25.7 Å². The molecule has 1 aliphatic rings. The van der Waals surface area contributed by atoms with Crippen LogP contribution in [0.25, 0.3) is 0 Å². The van der Waals surface area contributed by atoms with Crippen molar-refractivity contribution in [1.82, 2.24) is 4.72 Å². The Labute approximate surface area is 127 Å². The number of hydrogen-bond acceptors (Lipinski definition) is 5. The number of nitro groups is 1. The molecule has 0 amide bonds. The van der Waals surface area contributed by atoms with Gasteiger partial charge in [0.25, 0.3) is 5.69 Å². The van der Waals surface area contributed by atoms with E-state index in [0.717, 1.165) is 12.1 Å². The number of carboxylic acids is 1. The van der Waals surface area contributed by atoms with Gasteiger partial charge in [0.15, 0.2) is 0 Å². The fourth-order valence-corrected chi connectivity index (χ4v) is 3.80. The number of sulfonamides is 1. The minimum Gasteiger partial charge on any atom is -0.481 e. The minimum absolute atomic E-state index is 0.0431. The fraction of sp³-hybridized carbons (Fsp3) is 0.462. The summed E-state index contributed by atoms with van der Waals surface area (Å²) >= 11 is 0. The lowest BCUT2D eigenvalue weighted by atomic mass is 9.87. The van der Waals surface area contributed by atoms with Crippen molar-refractivity contribution in [3.8, 4) is 0 Å². The van der Waals surface area contributed by atoms with Gasteiger partial charge in [-0.1, -0.05) is 0 Å². The predicted molar refractivity (Wildman–Crippen MR) is 76.8 cm³/mol. The molecule has 0 atom stereocenters. The molecule has 0 bridgehead atoms. The Kier molecular flexibility index (Phi) is 4.77. The summed E-state index contributed by atoms with van der Waals surface area (Å²) in [5.41, 5.74) is -0.180. The van der Waals surface area contributed by atoms with Crippen molar-refractivity contribution in [2.24, 2.45) is 5.92 Å². The number of nitro benzene ring substituents is 1. The standard InChI is InChI=1S/C13H16N2O6S/c16-13(17)9-1-3-10(4-2-9)14-22(20,21)12-7-5-11(6-8-12)15(18)19/h5-10,14H,1-4H2,(H,16,17)/t9-,10-. The van der Waals surface area contributed by atoms with Gasteiger partial charge in [0.05, 0.1) is 15.7 Å². The van der Waals surface area contributed by atoms with Crippen molar-refractivity contribution in [3.63, 3.8) is 0 Å². The van der Waals surface area contributed by atoms with Crippen molar-refractivity contribution >= 4 is 21.7 Å². The Bertz CT molecular complexity index is 662. The first kappa shape index (κ1) is 16.4. The number of aliphatic carboxylic acids is 1. The van der Waals surface area contributed by atoms with E-state index >= 15 is 0 Å². The molecular weight excluding hydrogens is 312 g/mol. The summed E-state index contributed by atoms with van der Waals surface area (Å²) < 4.78 is 26.9. The molecular formula is C13H16N2O6S. The molecule has 0 aliphatic heterocycles. The molecule has 1 saturated carbocycles. The molecule has 1 aromatic rings. The first-order chi connectivity index (χ1) is 10.3. The van der Waals surface area contributed by atoms with E-state index in [9.17, 15) is 23.3 Å². The number of non-ortho nitro benzene ring substituents is 1. The molecule has 0 heterocycles. The van der Waals surface area contributed by atoms with Crippen molar-refractivity contribution in [2.75, 3.05) is 0 Å². The molecule has 2 rings (SSSR count). The first-order valence-electron chi connectivity index (χ1n) is 6.79. The van der Waals surface area contributed by atoms with Gasteiger partial charge in [0.2, 0.25) is 10.0 Å². The van der Waals surface area contributed by atoms with Crippen LogP contribution >= 0.6 is 0 Å². The Morgan fingerprint density at radius 2 is 1.73 bits per heavy atom. The summed E-state index contributed by atoms with van der Waals surface area (Å²) in [6, 6.07) is 4.33. The van der Waals surface area contributed by atoms with E-state index in [1.54, 1.807) is 0 Å². The van der Waals surface area contributed by atoms with Crippen LogP contribution in [0.5, 0.6) is 0 Å². The van der Waals surface area contributed by atoms with Crippen LogP contribution in [-0.2, 0) is 14.8 Å². The second kappa shape index (κ2) is 6.41. The Hall–Kier alpha value is -2.00. The molecule has 0 unspecified atom stereocenters. The summed E-state index contributed by atoms with van der Waals surface area (Å²) in [6.07, 6.45) is 1.79. The van der Waals surface area contributed by atoms with Gasteiger partial charge in [-0.15, -0.1) is 0 Å². The molecule has 0 radical (unpaired) electrons. The van der Waals surface area contributed by atoms with E-state index in [1.807, 2.05) is 0 Å². The van der Waals surface area contributed by atoms with Gasteiger partial charge in [0.1, 0.15) is 0 Å². The SMILES string of the molecule is O=C(O)[C@H]1CC[C@H](NS(=O)(=O)c2ccc([N+](=O)[O-])cc2)CC1. The van der Waals surface area contributed by atoms with E-state index in [4.69, 9.17) is 5.11 Å². The molecule has 22 heavy (non-hydrogen) atoms. The summed E-state index contributed by atoms with van der Waals surface area (Å²) in [5, 5.41) is 19.5. The maximum Gasteiger partial charge on any atom is 0.306 e. The Morgan fingerprint density at radius 1 is 1.18 bits per heavy atom. The highest BCUT2D eigenvalue weighted by molar-refractivity contribution is 7.89. The Morgan fingerprint density at radius 3 is 2.18 bits per heavy atom. The average Bonchev–Trinajstić information content (AvgIpc) is 2.47. The van der Waals surface area contributed by atoms with E-state index in [0.29, 0.717) is 25.7 Å². The van der Waals surface area contributed by atoms with Crippen molar-refractivity contribution < 1.29 is 23.2 Å². The zero-order chi connectivity index (χ0) is 16.3. The maximum absolute atomic E-state index is 12.2. The molecule has 9 heteroatoms. The summed E-state index contributed by atoms with van der Waals surface area (Å²) in [5.74, 6) is -1.27. The quantitative estimate of drug-likeness (QED) is 0.623. The number of benzene rings is 1. The molecule has 1 aliphatic carbocycles. The lowest BCUT2D eigenvalue weighted by Gasteiger charge is -2.26. The van der Waals surface area contributed by atoms with Crippen molar-refractivity contribution in [3.05, 3.63) is 34.4 Å². The van der Waals surface area contributed by atoms with Crippen LogP contribution in [0.2, 0.25) is 0 Å². The predicted octanol–water partition coefficient (Wildman–Crippen LogP) is 1.52. The summed E-state index contributed by atoms with van der Waals surface area (Å²) in [4.78, 5) is 20.8. The molecule has 1 fully saturated rings. The van der Waals surface area contributed by atoms with Gasteiger partial charge in [-0.3, -0.25) is 14.9 Å². The van der Waals surface area contributed by atoms with Gasteiger partial charge in [-0.25, -0.2) is 13.1 Å². The molecule has 2 N–H and O–H groups in total. The third kappa shape index (κ3) is 3.80. The second-order valence-electron chi connectivity index (χ2n) is 5.26. The average molecular weight is 328 g/mol. The van der Waals surface area contributed by atoms with Crippen LogP contribution in [0.4, 0.5) is 5.69 Å². The van der Waals surface area contributed by atoms with E-state index in [-0.39, 0.29) is 16.6 Å². The lowest BCUT2D eigenvalue weighted by Crippen LogP contribution is -2.38. The highest BCUT2D eigenvalue weighted by Crippen LogP contribution is 2.26. The zero-order valence-corrected chi connectivity index (χ0v) is 12.5. The normalized spacial score (nSPS) is 22.2. The third-order valence-electron chi connectivity index (χ3n) is 3.76. The van der Waals surface area contributed by atoms with E-state index in [1.165, 1.54) is 12.1 Å². The third-order valence-corrected chi connectivity index (χ3v) is 5.29. The van der Waals surface area contributed by atoms with E-state index < -0.39 is 26.8 Å². The zero-order valence-electron chi connectivity index (χ0n) is 11.6. The van der Waals surface area contributed by atoms with Crippen molar-refractivity contribution in [1.29, 1.82) is 0 Å². The minimum atomic E-state index is -3.76. The van der Waals surface area contributed by atoms with Crippen LogP contribution in [0.15, 0.2) is 29.2 Å². The first-order valence-corrected chi connectivity index (χ1v) is 8.27. The summed E-state index contributed by atoms with van der Waals surface area (Å²) in [7, 11) is -3.76. The lowest BCUT2D eigenvalue weighted by molar-refractivity contribution is -0.384. The second-order valence-corrected chi connectivity index (χ2v) is 6.97. The van der Waals surface area contributed by atoms with Gasteiger partial charge in [0, 0.05) is 18.2 Å². The summed E-state index contributed by atoms with van der Waals surface area (Å²) in [6.45, 7) is 0. The number of rotatable bonds is 5. The van der Waals surface area contributed by atoms with Crippen LogP contribution in [0, 0.1) is 16.0 Å².